The second-order valence-electron chi connectivity index (χ2n) is 6.15. The Balaban J connectivity index is 1.60. The minimum absolute atomic E-state index is 0.00807. The zero-order valence-electron chi connectivity index (χ0n) is 15.1. The summed E-state index contributed by atoms with van der Waals surface area (Å²) in [5, 5.41) is 9.23. The number of halogens is 1. The van der Waals surface area contributed by atoms with Gasteiger partial charge in [-0.2, -0.15) is 0 Å². The Kier molecular flexibility index (Phi) is 5.96. The lowest BCUT2D eigenvalue weighted by molar-refractivity contribution is 0.593. The van der Waals surface area contributed by atoms with Gasteiger partial charge in [-0.25, -0.2) is 12.8 Å². The van der Waals surface area contributed by atoms with Gasteiger partial charge >= 0.3 is 0 Å². The van der Waals surface area contributed by atoms with E-state index in [0.717, 1.165) is 34.2 Å². The van der Waals surface area contributed by atoms with Crippen LogP contribution in [0.15, 0.2) is 58.6 Å². The Morgan fingerprint density at radius 1 is 1.07 bits per heavy atom. The Bertz CT molecular complexity index is 1030. The lowest BCUT2D eigenvalue weighted by atomic mass is 10.1. The van der Waals surface area contributed by atoms with E-state index < -0.39 is 15.7 Å². The second-order valence-corrected chi connectivity index (χ2v) is 9.33. The highest BCUT2D eigenvalue weighted by molar-refractivity contribution is 7.99. The maximum absolute atomic E-state index is 12.9. The van der Waals surface area contributed by atoms with Crippen LogP contribution in [0.25, 0.3) is 11.4 Å². The number of aromatic nitrogens is 3. The number of hydrogen-bond donors (Lipinski definition) is 0. The summed E-state index contributed by atoms with van der Waals surface area (Å²) in [5.74, 6) is 0.944. The second kappa shape index (κ2) is 8.22. The summed E-state index contributed by atoms with van der Waals surface area (Å²) in [4.78, 5) is 0.148. The van der Waals surface area contributed by atoms with E-state index in [4.69, 9.17) is 0 Å². The molecular formula is C19H20FN3O2S2. The molecule has 0 N–H and O–H groups in total. The van der Waals surface area contributed by atoms with Crippen molar-refractivity contribution in [1.29, 1.82) is 0 Å². The Hall–Kier alpha value is -2.19. The molecule has 142 valence electrons. The van der Waals surface area contributed by atoms with Crippen LogP contribution in [-0.2, 0) is 16.9 Å². The molecule has 27 heavy (non-hydrogen) atoms. The zero-order chi connectivity index (χ0) is 19.4. The summed E-state index contributed by atoms with van der Waals surface area (Å²) in [6.07, 6.45) is 0.469. The van der Waals surface area contributed by atoms with Gasteiger partial charge in [0.1, 0.15) is 5.82 Å². The van der Waals surface area contributed by atoms with Gasteiger partial charge in [0, 0.05) is 18.4 Å². The zero-order valence-corrected chi connectivity index (χ0v) is 16.7. The van der Waals surface area contributed by atoms with Gasteiger partial charge in [0.15, 0.2) is 20.8 Å². The van der Waals surface area contributed by atoms with Crippen molar-refractivity contribution < 1.29 is 12.8 Å². The van der Waals surface area contributed by atoms with Crippen LogP contribution in [0.1, 0.15) is 12.0 Å². The molecule has 1 aromatic heterocycles. The van der Waals surface area contributed by atoms with Crippen molar-refractivity contribution >= 4 is 21.6 Å². The van der Waals surface area contributed by atoms with Crippen molar-refractivity contribution in [2.24, 2.45) is 7.05 Å². The van der Waals surface area contributed by atoms with Crippen LogP contribution < -0.4 is 0 Å². The number of aryl methyl sites for hydroxylation is 1. The van der Waals surface area contributed by atoms with Gasteiger partial charge in [0.25, 0.3) is 0 Å². The number of benzene rings is 2. The molecule has 0 aliphatic heterocycles. The van der Waals surface area contributed by atoms with Gasteiger partial charge in [-0.3, -0.25) is 0 Å². The third-order valence-corrected chi connectivity index (χ3v) is 7.11. The SMILES string of the molecule is Cc1ccccc1-c1nnc(SCCCS(=O)(=O)c2ccc(F)cc2)n1C. The molecule has 0 saturated heterocycles. The normalized spacial score (nSPS) is 11.7. The van der Waals surface area contributed by atoms with Crippen LogP contribution in [0.3, 0.4) is 0 Å². The van der Waals surface area contributed by atoms with Crippen LogP contribution in [0.5, 0.6) is 0 Å². The first-order valence-electron chi connectivity index (χ1n) is 8.45. The van der Waals surface area contributed by atoms with E-state index in [2.05, 4.69) is 10.2 Å². The lowest BCUT2D eigenvalue weighted by Crippen LogP contribution is -2.08. The minimum Gasteiger partial charge on any atom is -0.305 e. The van der Waals surface area contributed by atoms with Gasteiger partial charge in [-0.1, -0.05) is 36.0 Å². The maximum atomic E-state index is 12.9. The summed E-state index contributed by atoms with van der Waals surface area (Å²) < 4.78 is 39.4. The van der Waals surface area contributed by atoms with Crippen molar-refractivity contribution in [2.75, 3.05) is 11.5 Å². The molecule has 1 heterocycles. The molecule has 5 nitrogen and oxygen atoms in total. The summed E-state index contributed by atoms with van der Waals surface area (Å²) >= 11 is 1.47. The maximum Gasteiger partial charge on any atom is 0.191 e. The predicted octanol–water partition coefficient (Wildman–Crippen LogP) is 3.89. The molecule has 0 bridgehead atoms. The monoisotopic (exact) mass is 405 g/mol. The van der Waals surface area contributed by atoms with Crippen molar-refractivity contribution in [1.82, 2.24) is 14.8 Å². The lowest BCUT2D eigenvalue weighted by Gasteiger charge is -2.07. The van der Waals surface area contributed by atoms with Crippen LogP contribution in [0.4, 0.5) is 4.39 Å². The fourth-order valence-electron chi connectivity index (χ4n) is 2.67. The quantitative estimate of drug-likeness (QED) is 0.339. The molecule has 0 radical (unpaired) electrons. The van der Waals surface area contributed by atoms with Gasteiger partial charge in [0.05, 0.1) is 10.6 Å². The standard InChI is InChI=1S/C19H20FN3O2S2/c1-14-6-3-4-7-17(14)18-21-22-19(23(18)2)26-12-5-13-27(24,25)16-10-8-15(20)9-11-16/h3-4,6-11H,5,12-13H2,1-2H3. The first-order valence-corrected chi connectivity index (χ1v) is 11.1. The Labute approximate surface area is 162 Å². The van der Waals surface area contributed by atoms with E-state index >= 15 is 0 Å². The molecule has 0 aliphatic carbocycles. The smallest absolute Gasteiger partial charge is 0.191 e. The van der Waals surface area contributed by atoms with Gasteiger partial charge < -0.3 is 4.57 Å². The van der Waals surface area contributed by atoms with Crippen molar-refractivity contribution in [3.05, 3.63) is 59.9 Å². The highest BCUT2D eigenvalue weighted by Crippen LogP contribution is 2.25. The third-order valence-electron chi connectivity index (χ3n) is 4.18. The molecule has 0 amide bonds. The van der Waals surface area contributed by atoms with E-state index in [1.165, 1.54) is 23.9 Å². The highest BCUT2D eigenvalue weighted by atomic mass is 32.2. The number of thioether (sulfide) groups is 1. The number of sulfone groups is 1. The first kappa shape index (κ1) is 19.6. The molecule has 0 spiro atoms. The average molecular weight is 406 g/mol. The van der Waals surface area contributed by atoms with E-state index in [9.17, 15) is 12.8 Å². The van der Waals surface area contributed by atoms with Gasteiger partial charge in [-0.15, -0.1) is 10.2 Å². The van der Waals surface area contributed by atoms with Crippen LogP contribution in [0.2, 0.25) is 0 Å². The molecule has 3 aromatic rings. The molecular weight excluding hydrogens is 385 g/mol. The first-order chi connectivity index (χ1) is 12.9. The summed E-state index contributed by atoms with van der Waals surface area (Å²) in [6, 6.07) is 12.9. The summed E-state index contributed by atoms with van der Waals surface area (Å²) in [7, 11) is -1.51. The molecule has 0 unspecified atom stereocenters. The van der Waals surface area contributed by atoms with Crippen molar-refractivity contribution in [2.45, 2.75) is 23.4 Å². The van der Waals surface area contributed by atoms with Gasteiger partial charge in [0.2, 0.25) is 0 Å². The summed E-state index contributed by atoms with van der Waals surface area (Å²) in [6.45, 7) is 2.02. The molecule has 0 aliphatic rings. The fraction of sp³-hybridized carbons (Fsp3) is 0.263. The van der Waals surface area contributed by atoms with E-state index in [0.29, 0.717) is 12.2 Å². The third kappa shape index (κ3) is 4.56. The Morgan fingerprint density at radius 2 is 1.78 bits per heavy atom. The average Bonchev–Trinajstić information content (AvgIpc) is 3.00. The summed E-state index contributed by atoms with van der Waals surface area (Å²) in [5.41, 5.74) is 2.15. The molecule has 8 heteroatoms. The number of rotatable bonds is 7. The Morgan fingerprint density at radius 3 is 2.48 bits per heavy atom. The fourth-order valence-corrected chi connectivity index (χ4v) is 5.01. The van der Waals surface area contributed by atoms with Crippen molar-refractivity contribution in [3.8, 4) is 11.4 Å². The van der Waals surface area contributed by atoms with E-state index in [1.807, 2.05) is 42.8 Å². The molecule has 0 saturated carbocycles. The molecule has 2 aromatic carbocycles. The van der Waals surface area contributed by atoms with E-state index in [1.54, 1.807) is 0 Å². The van der Waals surface area contributed by atoms with E-state index in [-0.39, 0.29) is 10.6 Å². The number of nitrogens with zero attached hydrogens (tertiary/aromatic N) is 3. The largest absolute Gasteiger partial charge is 0.305 e. The highest BCUT2D eigenvalue weighted by Gasteiger charge is 2.16. The van der Waals surface area contributed by atoms with Crippen LogP contribution >= 0.6 is 11.8 Å². The van der Waals surface area contributed by atoms with Gasteiger partial charge in [-0.05, 0) is 43.2 Å². The predicted molar refractivity (Wildman–Crippen MR) is 105 cm³/mol. The van der Waals surface area contributed by atoms with Crippen molar-refractivity contribution in [3.63, 3.8) is 0 Å². The minimum atomic E-state index is -3.41. The number of hydrogen-bond acceptors (Lipinski definition) is 5. The van der Waals surface area contributed by atoms with Crippen LogP contribution in [0, 0.1) is 12.7 Å². The van der Waals surface area contributed by atoms with Crippen LogP contribution in [-0.4, -0.2) is 34.7 Å². The topological polar surface area (TPSA) is 64.8 Å². The molecule has 3 rings (SSSR count). The molecule has 0 fully saturated rings. The molecule has 0 atom stereocenters.